The SMILES string of the molecule is O=C(C(Cc1ccc(O)cc1CS(=O)(=O)c1nccc2ccccc12)NCS(=O)(=O)c1nccc2ccccc12)N1CCN(c2cccc(Cl)c2)CC1. The quantitative estimate of drug-likeness (QED) is 0.176. The normalized spacial score (nSPS) is 14.4. The number of sulfone groups is 2. The fourth-order valence-electron chi connectivity index (χ4n) is 6.72. The molecule has 1 fully saturated rings. The van der Waals surface area contributed by atoms with Crippen molar-refractivity contribution in [2.24, 2.45) is 0 Å². The molecule has 1 unspecified atom stereocenters. The smallest absolute Gasteiger partial charge is 0.240 e. The number of anilines is 1. The highest BCUT2D eigenvalue weighted by Gasteiger charge is 2.31. The van der Waals surface area contributed by atoms with Gasteiger partial charge in [-0.15, -0.1) is 0 Å². The number of fused-ring (bicyclic) bond motifs is 2. The number of hydrogen-bond acceptors (Lipinski definition) is 10. The zero-order valence-electron chi connectivity index (χ0n) is 28.5. The lowest BCUT2D eigenvalue weighted by atomic mass is 9.99. The summed E-state index contributed by atoms with van der Waals surface area (Å²) in [5, 5.41) is 16.2. The number of piperazine rings is 1. The number of amides is 1. The van der Waals surface area contributed by atoms with Crippen molar-refractivity contribution in [1.29, 1.82) is 0 Å². The van der Waals surface area contributed by atoms with E-state index in [0.29, 0.717) is 58.3 Å². The Balaban J connectivity index is 1.18. The van der Waals surface area contributed by atoms with Gasteiger partial charge < -0.3 is 14.9 Å². The predicted octanol–water partition coefficient (Wildman–Crippen LogP) is 5.40. The Morgan fingerprint density at radius 2 is 1.36 bits per heavy atom. The highest BCUT2D eigenvalue weighted by molar-refractivity contribution is 7.91. The van der Waals surface area contributed by atoms with Gasteiger partial charge in [-0.2, -0.15) is 0 Å². The fraction of sp³-hybridized carbons (Fsp3) is 0.205. The third-order valence-corrected chi connectivity index (χ3v) is 12.7. The van der Waals surface area contributed by atoms with E-state index in [1.54, 1.807) is 65.6 Å². The summed E-state index contributed by atoms with van der Waals surface area (Å²) in [5.74, 6) is -1.59. The van der Waals surface area contributed by atoms with Gasteiger partial charge in [-0.25, -0.2) is 26.8 Å². The Kier molecular flexibility index (Phi) is 10.3. The summed E-state index contributed by atoms with van der Waals surface area (Å²) in [6, 6.07) is 28.3. The van der Waals surface area contributed by atoms with E-state index in [9.17, 15) is 26.7 Å². The number of carbonyl (C=O) groups is 1. The van der Waals surface area contributed by atoms with Gasteiger partial charge in [0.25, 0.3) is 0 Å². The van der Waals surface area contributed by atoms with Crippen molar-refractivity contribution in [3.05, 3.63) is 132 Å². The van der Waals surface area contributed by atoms with Crippen molar-refractivity contribution in [2.45, 2.75) is 28.3 Å². The average molecular weight is 770 g/mol. The number of aromatic hydroxyl groups is 1. The first-order valence-corrected chi connectivity index (χ1v) is 20.6. The molecule has 4 aromatic carbocycles. The molecule has 1 atom stereocenters. The Labute approximate surface area is 312 Å². The minimum absolute atomic E-state index is 0.0556. The monoisotopic (exact) mass is 769 g/mol. The number of pyridine rings is 2. The lowest BCUT2D eigenvalue weighted by molar-refractivity contribution is -0.133. The van der Waals surface area contributed by atoms with Crippen LogP contribution in [-0.2, 0) is 36.6 Å². The Hall–Kier alpha value is -5.08. The number of hydrogen-bond donors (Lipinski definition) is 2. The number of phenolic OH excluding ortho intramolecular Hbond substituents is 1. The molecule has 1 saturated heterocycles. The van der Waals surface area contributed by atoms with Crippen LogP contribution in [0.3, 0.4) is 0 Å². The molecular formula is C39H36ClN5O6S2. The molecule has 272 valence electrons. The van der Waals surface area contributed by atoms with Crippen LogP contribution < -0.4 is 10.2 Å². The number of aromatic nitrogens is 2. The molecule has 2 aromatic heterocycles. The number of phenols is 1. The molecule has 11 nitrogen and oxygen atoms in total. The van der Waals surface area contributed by atoms with Crippen molar-refractivity contribution in [3.63, 3.8) is 0 Å². The summed E-state index contributed by atoms with van der Waals surface area (Å²) < 4.78 is 55.4. The Bertz CT molecular complexity index is 2530. The van der Waals surface area contributed by atoms with Crippen LogP contribution in [-0.4, -0.2) is 80.8 Å². The van der Waals surface area contributed by atoms with E-state index in [-0.39, 0.29) is 33.7 Å². The molecule has 53 heavy (non-hydrogen) atoms. The van der Waals surface area contributed by atoms with Gasteiger partial charge in [0.2, 0.25) is 15.7 Å². The van der Waals surface area contributed by atoms with Crippen LogP contribution in [0.1, 0.15) is 11.1 Å². The van der Waals surface area contributed by atoms with E-state index in [1.807, 2.05) is 30.3 Å². The number of benzene rings is 4. The molecule has 1 aliphatic heterocycles. The van der Waals surface area contributed by atoms with Crippen LogP contribution in [0.5, 0.6) is 5.75 Å². The minimum atomic E-state index is -4.05. The van der Waals surface area contributed by atoms with Crippen molar-refractivity contribution >= 4 is 64.4 Å². The Morgan fingerprint density at radius 1 is 0.736 bits per heavy atom. The molecule has 0 radical (unpaired) electrons. The molecule has 3 heterocycles. The van der Waals surface area contributed by atoms with E-state index in [0.717, 1.165) is 5.69 Å². The first kappa shape index (κ1) is 36.3. The van der Waals surface area contributed by atoms with Crippen LogP contribution in [0, 0.1) is 0 Å². The van der Waals surface area contributed by atoms with Gasteiger partial charge in [0.15, 0.2) is 19.9 Å². The van der Waals surface area contributed by atoms with E-state index in [1.165, 1.54) is 24.5 Å². The van der Waals surface area contributed by atoms with Crippen LogP contribution in [0.15, 0.2) is 126 Å². The second-order valence-corrected chi connectivity index (χ2v) is 17.1. The molecule has 1 aliphatic rings. The summed E-state index contributed by atoms with van der Waals surface area (Å²) >= 11 is 6.22. The fourth-order valence-corrected chi connectivity index (χ4v) is 9.76. The molecule has 0 saturated carbocycles. The zero-order valence-corrected chi connectivity index (χ0v) is 30.9. The van der Waals surface area contributed by atoms with E-state index < -0.39 is 37.3 Å². The first-order chi connectivity index (χ1) is 25.5. The van der Waals surface area contributed by atoms with Gasteiger partial charge in [0, 0.05) is 60.1 Å². The average Bonchev–Trinajstić information content (AvgIpc) is 3.16. The third-order valence-electron chi connectivity index (χ3n) is 9.41. The zero-order chi connectivity index (χ0) is 37.2. The molecule has 14 heteroatoms. The topological polar surface area (TPSA) is 150 Å². The standard InChI is InChI=1S/C39H36ClN5O6S2/c40-31-8-5-9-32(24-31)44-18-20-45(21-19-44)39(47)36(43-26-53(50,51)38-35-11-4-2-7-28(35)15-17-42-38)23-29-12-13-33(46)22-30(29)25-52(48,49)37-34-10-3-1-6-27(34)14-16-41-37/h1-17,22,24,36,43,46H,18-21,23,25-26H2. The molecule has 6 aromatic rings. The Morgan fingerprint density at radius 3 is 2.00 bits per heavy atom. The van der Waals surface area contributed by atoms with E-state index in [2.05, 4.69) is 20.2 Å². The molecule has 7 rings (SSSR count). The highest BCUT2D eigenvalue weighted by atomic mass is 35.5. The number of halogens is 1. The van der Waals surface area contributed by atoms with Gasteiger partial charge in [0.05, 0.1) is 11.8 Å². The molecule has 0 aliphatic carbocycles. The summed E-state index contributed by atoms with van der Waals surface area (Å²) in [5.41, 5.74) is 1.66. The maximum atomic E-state index is 14.3. The van der Waals surface area contributed by atoms with E-state index >= 15 is 0 Å². The van der Waals surface area contributed by atoms with Crippen LogP contribution in [0.4, 0.5) is 5.69 Å². The molecule has 2 N–H and O–H groups in total. The van der Waals surface area contributed by atoms with Gasteiger partial charge in [0.1, 0.15) is 11.6 Å². The summed E-state index contributed by atoms with van der Waals surface area (Å²) in [6.07, 6.45) is 2.82. The summed E-state index contributed by atoms with van der Waals surface area (Å²) in [6.45, 7) is 1.78. The van der Waals surface area contributed by atoms with Crippen molar-refractivity contribution in [2.75, 3.05) is 37.0 Å². The first-order valence-electron chi connectivity index (χ1n) is 16.9. The molecule has 1 amide bonds. The molecule has 0 bridgehead atoms. The largest absolute Gasteiger partial charge is 0.508 e. The van der Waals surface area contributed by atoms with Gasteiger partial charge in [-0.1, -0.05) is 72.3 Å². The lowest BCUT2D eigenvalue weighted by Crippen LogP contribution is -2.55. The number of carbonyl (C=O) groups excluding carboxylic acids is 1. The van der Waals surface area contributed by atoms with Crippen molar-refractivity contribution < 1.29 is 26.7 Å². The second kappa shape index (κ2) is 15.1. The second-order valence-electron chi connectivity index (χ2n) is 12.9. The summed E-state index contributed by atoms with van der Waals surface area (Å²) in [7, 11) is -8.09. The van der Waals surface area contributed by atoms with E-state index in [4.69, 9.17) is 11.6 Å². The van der Waals surface area contributed by atoms with Crippen LogP contribution >= 0.6 is 11.6 Å². The number of nitrogens with zero attached hydrogens (tertiary/aromatic N) is 4. The molecular weight excluding hydrogens is 734 g/mol. The van der Waals surface area contributed by atoms with Crippen LogP contribution in [0.2, 0.25) is 5.02 Å². The minimum Gasteiger partial charge on any atom is -0.508 e. The molecule has 0 spiro atoms. The van der Waals surface area contributed by atoms with Gasteiger partial charge >= 0.3 is 0 Å². The van der Waals surface area contributed by atoms with Crippen molar-refractivity contribution in [3.8, 4) is 5.75 Å². The van der Waals surface area contributed by atoms with Crippen LogP contribution in [0.25, 0.3) is 21.5 Å². The summed E-state index contributed by atoms with van der Waals surface area (Å²) in [4.78, 5) is 26.5. The third kappa shape index (κ3) is 7.98. The van der Waals surface area contributed by atoms with Gasteiger partial charge in [-0.3, -0.25) is 10.1 Å². The lowest BCUT2D eigenvalue weighted by Gasteiger charge is -2.38. The number of nitrogens with one attached hydrogen (secondary N) is 1. The number of rotatable bonds is 11. The maximum Gasteiger partial charge on any atom is 0.240 e. The highest BCUT2D eigenvalue weighted by Crippen LogP contribution is 2.28. The predicted molar refractivity (Wildman–Crippen MR) is 205 cm³/mol. The van der Waals surface area contributed by atoms with Crippen molar-refractivity contribution in [1.82, 2.24) is 20.2 Å². The van der Waals surface area contributed by atoms with Gasteiger partial charge in [-0.05, 0) is 70.8 Å². The maximum absolute atomic E-state index is 14.3.